The Hall–Kier alpha value is -2.04. The van der Waals surface area contributed by atoms with Crippen molar-refractivity contribution in [2.24, 2.45) is 5.92 Å². The molecule has 20 heavy (non-hydrogen) atoms. The molecule has 0 saturated carbocycles. The zero-order valence-electron chi connectivity index (χ0n) is 12.1. The molecule has 108 valence electrons. The van der Waals surface area contributed by atoms with Crippen LogP contribution in [0.1, 0.15) is 27.2 Å². The summed E-state index contributed by atoms with van der Waals surface area (Å²) in [5.74, 6) is -0.0322. The van der Waals surface area contributed by atoms with E-state index < -0.39 is 6.04 Å². The summed E-state index contributed by atoms with van der Waals surface area (Å²) in [4.78, 5) is 26.3. The normalized spacial score (nSPS) is 19.1. The highest BCUT2D eigenvalue weighted by Gasteiger charge is 2.39. The SMILES string of the molecule is CCNC(=O)N1c2ccccc2NC(=O)C1C(C)CC. The first-order valence-electron chi connectivity index (χ1n) is 7.07. The topological polar surface area (TPSA) is 61.4 Å². The smallest absolute Gasteiger partial charge is 0.322 e. The molecule has 2 N–H and O–H groups in total. The predicted molar refractivity (Wildman–Crippen MR) is 79.9 cm³/mol. The fraction of sp³-hybridized carbons (Fsp3) is 0.467. The molecule has 0 aromatic heterocycles. The summed E-state index contributed by atoms with van der Waals surface area (Å²) in [5.41, 5.74) is 1.44. The van der Waals surface area contributed by atoms with Gasteiger partial charge in [0.25, 0.3) is 0 Å². The van der Waals surface area contributed by atoms with Crippen LogP contribution >= 0.6 is 0 Å². The summed E-state index contributed by atoms with van der Waals surface area (Å²) in [6.07, 6.45) is 0.830. The largest absolute Gasteiger partial charge is 0.338 e. The van der Waals surface area contributed by atoms with Crippen LogP contribution in [0.4, 0.5) is 16.2 Å². The van der Waals surface area contributed by atoms with Crippen molar-refractivity contribution in [2.75, 3.05) is 16.8 Å². The van der Waals surface area contributed by atoms with Gasteiger partial charge >= 0.3 is 6.03 Å². The molecule has 5 heteroatoms. The lowest BCUT2D eigenvalue weighted by molar-refractivity contribution is -0.118. The van der Waals surface area contributed by atoms with Crippen LogP contribution in [-0.2, 0) is 4.79 Å². The van der Waals surface area contributed by atoms with Gasteiger partial charge in [-0.1, -0.05) is 32.4 Å². The van der Waals surface area contributed by atoms with Crippen LogP contribution in [0.3, 0.4) is 0 Å². The maximum Gasteiger partial charge on any atom is 0.322 e. The molecule has 0 bridgehead atoms. The lowest BCUT2D eigenvalue weighted by Crippen LogP contribution is -2.56. The lowest BCUT2D eigenvalue weighted by atomic mass is 9.94. The summed E-state index contributed by atoms with van der Waals surface area (Å²) in [5, 5.41) is 5.68. The Morgan fingerprint density at radius 1 is 1.40 bits per heavy atom. The summed E-state index contributed by atoms with van der Waals surface area (Å²) in [7, 11) is 0. The van der Waals surface area contributed by atoms with Gasteiger partial charge in [-0.3, -0.25) is 9.69 Å². The van der Waals surface area contributed by atoms with Crippen LogP contribution in [0.5, 0.6) is 0 Å². The number of carbonyl (C=O) groups excluding carboxylic acids is 2. The Balaban J connectivity index is 2.47. The second-order valence-electron chi connectivity index (χ2n) is 5.04. The van der Waals surface area contributed by atoms with E-state index in [0.29, 0.717) is 12.2 Å². The number of nitrogens with zero attached hydrogens (tertiary/aromatic N) is 1. The van der Waals surface area contributed by atoms with E-state index in [2.05, 4.69) is 10.6 Å². The number of rotatable bonds is 3. The fourth-order valence-electron chi connectivity index (χ4n) is 2.47. The number of hydrogen-bond donors (Lipinski definition) is 2. The van der Waals surface area contributed by atoms with Crippen molar-refractivity contribution in [2.45, 2.75) is 33.2 Å². The van der Waals surface area contributed by atoms with Gasteiger partial charge in [0, 0.05) is 6.54 Å². The molecule has 1 heterocycles. The van der Waals surface area contributed by atoms with Crippen LogP contribution in [0.2, 0.25) is 0 Å². The van der Waals surface area contributed by atoms with E-state index in [0.717, 1.165) is 12.1 Å². The second kappa shape index (κ2) is 5.94. The molecule has 1 aliphatic heterocycles. The van der Waals surface area contributed by atoms with Crippen molar-refractivity contribution in [3.05, 3.63) is 24.3 Å². The number of nitrogens with one attached hydrogen (secondary N) is 2. The Morgan fingerprint density at radius 3 is 2.75 bits per heavy atom. The monoisotopic (exact) mass is 275 g/mol. The maximum absolute atomic E-state index is 12.4. The average molecular weight is 275 g/mol. The molecule has 2 unspecified atom stereocenters. The van der Waals surface area contributed by atoms with Crippen molar-refractivity contribution in [1.29, 1.82) is 0 Å². The van der Waals surface area contributed by atoms with Gasteiger partial charge in [0.2, 0.25) is 5.91 Å². The van der Waals surface area contributed by atoms with E-state index in [1.807, 2.05) is 45.0 Å². The molecule has 1 aromatic rings. The standard InChI is InChI=1S/C15H21N3O2/c1-4-10(3)13-14(19)17-11-8-6-7-9-12(11)18(13)15(20)16-5-2/h6-10,13H,4-5H2,1-3H3,(H,16,20)(H,17,19). The molecule has 0 spiro atoms. The van der Waals surface area contributed by atoms with Crippen LogP contribution in [0, 0.1) is 5.92 Å². The lowest BCUT2D eigenvalue weighted by Gasteiger charge is -2.39. The van der Waals surface area contributed by atoms with E-state index in [1.165, 1.54) is 0 Å². The molecule has 2 rings (SSSR count). The zero-order valence-corrected chi connectivity index (χ0v) is 12.1. The fourth-order valence-corrected chi connectivity index (χ4v) is 2.47. The average Bonchev–Trinajstić information content (AvgIpc) is 2.45. The molecule has 5 nitrogen and oxygen atoms in total. The van der Waals surface area contributed by atoms with Gasteiger partial charge in [-0.25, -0.2) is 4.79 Å². The molecule has 2 atom stereocenters. The number of anilines is 2. The third-order valence-corrected chi connectivity index (χ3v) is 3.70. The quantitative estimate of drug-likeness (QED) is 0.890. The van der Waals surface area contributed by atoms with Crippen molar-refractivity contribution in [3.8, 4) is 0 Å². The number of hydrogen-bond acceptors (Lipinski definition) is 2. The van der Waals surface area contributed by atoms with E-state index >= 15 is 0 Å². The zero-order chi connectivity index (χ0) is 14.7. The molecular weight excluding hydrogens is 254 g/mol. The summed E-state index contributed by atoms with van der Waals surface area (Å²) >= 11 is 0. The number of urea groups is 1. The third kappa shape index (κ3) is 2.48. The van der Waals surface area contributed by atoms with Crippen LogP contribution in [-0.4, -0.2) is 24.5 Å². The Bertz CT molecular complexity index is 516. The first-order chi connectivity index (χ1) is 9.60. The summed E-state index contributed by atoms with van der Waals surface area (Å²) in [6.45, 7) is 6.41. The van der Waals surface area contributed by atoms with Crippen molar-refractivity contribution >= 4 is 23.3 Å². The minimum Gasteiger partial charge on any atom is -0.338 e. The molecule has 0 saturated heterocycles. The van der Waals surface area contributed by atoms with E-state index in [-0.39, 0.29) is 17.9 Å². The Kier molecular flexibility index (Phi) is 4.27. The maximum atomic E-state index is 12.4. The summed E-state index contributed by atoms with van der Waals surface area (Å²) in [6, 6.07) is 6.70. The van der Waals surface area contributed by atoms with Crippen molar-refractivity contribution in [1.82, 2.24) is 5.32 Å². The molecular formula is C15H21N3O2. The first kappa shape index (κ1) is 14.4. The van der Waals surface area contributed by atoms with Gasteiger partial charge in [0.1, 0.15) is 6.04 Å². The predicted octanol–water partition coefficient (Wildman–Crippen LogP) is 2.59. The van der Waals surface area contributed by atoms with Crippen LogP contribution < -0.4 is 15.5 Å². The third-order valence-electron chi connectivity index (χ3n) is 3.70. The minimum atomic E-state index is -0.471. The first-order valence-corrected chi connectivity index (χ1v) is 7.07. The van der Waals surface area contributed by atoms with Crippen molar-refractivity contribution in [3.63, 3.8) is 0 Å². The summed E-state index contributed by atoms with van der Waals surface area (Å²) < 4.78 is 0. The molecule has 1 aromatic carbocycles. The Labute approximate surface area is 119 Å². The van der Waals surface area contributed by atoms with E-state index in [9.17, 15) is 9.59 Å². The van der Waals surface area contributed by atoms with Crippen molar-refractivity contribution < 1.29 is 9.59 Å². The van der Waals surface area contributed by atoms with E-state index in [1.54, 1.807) is 4.90 Å². The number of benzene rings is 1. The van der Waals surface area contributed by atoms with Gasteiger partial charge in [-0.15, -0.1) is 0 Å². The molecule has 3 amide bonds. The second-order valence-corrected chi connectivity index (χ2v) is 5.04. The van der Waals surface area contributed by atoms with Gasteiger partial charge in [-0.05, 0) is 25.0 Å². The van der Waals surface area contributed by atoms with Crippen LogP contribution in [0.15, 0.2) is 24.3 Å². The highest BCUT2D eigenvalue weighted by atomic mass is 16.2. The highest BCUT2D eigenvalue weighted by Crippen LogP contribution is 2.34. The van der Waals surface area contributed by atoms with Gasteiger partial charge in [-0.2, -0.15) is 0 Å². The number of fused-ring (bicyclic) bond motifs is 1. The molecule has 0 radical (unpaired) electrons. The van der Waals surface area contributed by atoms with Gasteiger partial charge in [0.15, 0.2) is 0 Å². The minimum absolute atomic E-state index is 0.0889. The highest BCUT2D eigenvalue weighted by molar-refractivity contribution is 6.11. The van der Waals surface area contributed by atoms with Crippen LogP contribution in [0.25, 0.3) is 0 Å². The Morgan fingerprint density at radius 2 is 2.10 bits per heavy atom. The molecule has 0 aliphatic carbocycles. The molecule has 0 fully saturated rings. The number of carbonyl (C=O) groups is 2. The van der Waals surface area contributed by atoms with Gasteiger partial charge in [0.05, 0.1) is 11.4 Å². The number of para-hydroxylation sites is 2. The molecule has 1 aliphatic rings. The number of amides is 3. The van der Waals surface area contributed by atoms with E-state index in [4.69, 9.17) is 0 Å². The van der Waals surface area contributed by atoms with Gasteiger partial charge < -0.3 is 10.6 Å².